The molecule has 0 spiro atoms. The summed E-state index contributed by atoms with van der Waals surface area (Å²) < 4.78 is 0. The lowest BCUT2D eigenvalue weighted by Gasteiger charge is -2.33. The minimum atomic E-state index is -0.624. The minimum absolute atomic E-state index is 0.384. The zero-order chi connectivity index (χ0) is 19.1. The predicted octanol–water partition coefficient (Wildman–Crippen LogP) is 2.77. The van der Waals surface area contributed by atoms with Crippen molar-refractivity contribution in [1.29, 1.82) is 0 Å². The topological polar surface area (TPSA) is 74.3 Å². The molecule has 0 unspecified atom stereocenters. The summed E-state index contributed by atoms with van der Waals surface area (Å²) >= 11 is 1.59. The van der Waals surface area contributed by atoms with Gasteiger partial charge in [-0.3, -0.25) is 14.6 Å². The first-order valence-corrected chi connectivity index (χ1v) is 10.3. The predicted molar refractivity (Wildman–Crippen MR) is 109 cm³/mol. The van der Waals surface area contributed by atoms with Crippen LogP contribution in [0.25, 0.3) is 0 Å². The highest BCUT2D eigenvalue weighted by molar-refractivity contribution is 7.98. The summed E-state index contributed by atoms with van der Waals surface area (Å²) in [6, 6.07) is 11.4. The summed E-state index contributed by atoms with van der Waals surface area (Å²) in [7, 11) is 0. The summed E-state index contributed by atoms with van der Waals surface area (Å²) in [4.78, 5) is 31.7. The van der Waals surface area contributed by atoms with E-state index in [1.54, 1.807) is 24.0 Å². The fraction of sp³-hybridized carbons (Fsp3) is 0.350. The maximum Gasteiger partial charge on any atom is 0.313 e. The van der Waals surface area contributed by atoms with Gasteiger partial charge in [0, 0.05) is 36.4 Å². The Kier molecular flexibility index (Phi) is 6.70. The van der Waals surface area contributed by atoms with Gasteiger partial charge in [-0.05, 0) is 55.3 Å². The first kappa shape index (κ1) is 19.2. The average molecular weight is 385 g/mol. The molecule has 142 valence electrons. The number of nitrogens with zero attached hydrogens (tertiary/aromatic N) is 2. The molecule has 3 rings (SSSR count). The van der Waals surface area contributed by atoms with Crippen LogP contribution in [0, 0.1) is 5.92 Å². The molecule has 0 aliphatic carbocycles. The third kappa shape index (κ3) is 5.47. The fourth-order valence-corrected chi connectivity index (χ4v) is 3.60. The van der Waals surface area contributed by atoms with Gasteiger partial charge in [0.05, 0.1) is 11.9 Å². The molecule has 0 radical (unpaired) electrons. The molecule has 6 nitrogen and oxygen atoms in total. The third-order valence-corrected chi connectivity index (χ3v) is 5.44. The lowest BCUT2D eigenvalue weighted by molar-refractivity contribution is -0.136. The smallest absolute Gasteiger partial charge is 0.313 e. The van der Waals surface area contributed by atoms with E-state index in [0.29, 0.717) is 18.2 Å². The van der Waals surface area contributed by atoms with E-state index in [0.717, 1.165) is 36.5 Å². The van der Waals surface area contributed by atoms with Crippen molar-refractivity contribution >= 4 is 35.0 Å². The highest BCUT2D eigenvalue weighted by atomic mass is 32.2. The number of amides is 2. The van der Waals surface area contributed by atoms with E-state index < -0.39 is 11.8 Å². The van der Waals surface area contributed by atoms with Gasteiger partial charge in [0.15, 0.2) is 0 Å². The van der Waals surface area contributed by atoms with E-state index in [-0.39, 0.29) is 0 Å². The third-order valence-electron chi connectivity index (χ3n) is 4.71. The van der Waals surface area contributed by atoms with E-state index in [1.165, 1.54) is 0 Å². The normalized spacial score (nSPS) is 14.6. The molecule has 0 atom stereocenters. The fourth-order valence-electron chi connectivity index (χ4n) is 3.14. The second kappa shape index (κ2) is 9.41. The van der Waals surface area contributed by atoms with Gasteiger partial charge >= 0.3 is 11.8 Å². The minimum Gasteiger partial charge on any atom is -0.370 e. The number of carbonyl (C=O) groups excluding carboxylic acids is 2. The number of pyridine rings is 1. The van der Waals surface area contributed by atoms with Gasteiger partial charge in [0.1, 0.15) is 0 Å². The number of piperidine rings is 1. The van der Waals surface area contributed by atoms with Crippen LogP contribution in [0.1, 0.15) is 12.8 Å². The second-order valence-electron chi connectivity index (χ2n) is 6.54. The van der Waals surface area contributed by atoms with Crippen molar-refractivity contribution in [3.05, 3.63) is 48.8 Å². The van der Waals surface area contributed by atoms with Crippen molar-refractivity contribution in [2.75, 3.05) is 36.1 Å². The Morgan fingerprint density at radius 2 is 2.00 bits per heavy atom. The average Bonchev–Trinajstić information content (AvgIpc) is 2.73. The van der Waals surface area contributed by atoms with Crippen LogP contribution in [0.3, 0.4) is 0 Å². The van der Waals surface area contributed by atoms with E-state index in [1.807, 2.05) is 36.7 Å². The summed E-state index contributed by atoms with van der Waals surface area (Å²) in [5, 5.41) is 5.42. The molecule has 2 N–H and O–H groups in total. The van der Waals surface area contributed by atoms with E-state index in [4.69, 9.17) is 0 Å². The van der Waals surface area contributed by atoms with Gasteiger partial charge in [-0.1, -0.05) is 6.07 Å². The molecule has 1 fully saturated rings. The van der Waals surface area contributed by atoms with Crippen LogP contribution in [0.4, 0.5) is 11.4 Å². The van der Waals surface area contributed by atoms with Crippen LogP contribution in [0.15, 0.2) is 53.7 Å². The van der Waals surface area contributed by atoms with Gasteiger partial charge in [-0.2, -0.15) is 0 Å². The van der Waals surface area contributed by atoms with Crippen molar-refractivity contribution in [3.8, 4) is 0 Å². The Labute approximate surface area is 163 Å². The number of hydrogen-bond acceptors (Lipinski definition) is 5. The molecular weight excluding hydrogens is 360 g/mol. The first-order valence-electron chi connectivity index (χ1n) is 9.04. The highest BCUT2D eigenvalue weighted by Gasteiger charge is 2.21. The first-order chi connectivity index (χ1) is 13.2. The number of anilines is 2. The molecule has 1 aliphatic rings. The standard InChI is InChI=1S/C20H24N4O2S/c1-27-18-6-2-4-16(12-18)23-20(26)19(25)22-13-15-7-10-24(11-8-15)17-5-3-9-21-14-17/h2-6,9,12,14-15H,7-8,10-11,13H2,1H3,(H,22,25)(H,23,26). The van der Waals surface area contributed by atoms with Crippen molar-refractivity contribution in [2.24, 2.45) is 5.92 Å². The molecule has 1 saturated heterocycles. The number of nitrogens with one attached hydrogen (secondary N) is 2. The molecule has 7 heteroatoms. The van der Waals surface area contributed by atoms with Gasteiger partial charge in [0.2, 0.25) is 0 Å². The lowest BCUT2D eigenvalue weighted by atomic mass is 9.96. The molecule has 2 heterocycles. The number of thioether (sulfide) groups is 1. The molecule has 1 aromatic carbocycles. The molecule has 1 aliphatic heterocycles. The Bertz CT molecular complexity index is 777. The highest BCUT2D eigenvalue weighted by Crippen LogP contribution is 2.22. The van der Waals surface area contributed by atoms with Crippen molar-refractivity contribution in [3.63, 3.8) is 0 Å². The van der Waals surface area contributed by atoms with E-state index in [9.17, 15) is 9.59 Å². The van der Waals surface area contributed by atoms with Gasteiger partial charge in [-0.15, -0.1) is 11.8 Å². The quantitative estimate of drug-likeness (QED) is 0.613. The molecule has 2 amide bonds. The van der Waals surface area contributed by atoms with Crippen molar-refractivity contribution in [1.82, 2.24) is 10.3 Å². The van der Waals surface area contributed by atoms with Crippen LogP contribution >= 0.6 is 11.8 Å². The maximum atomic E-state index is 12.1. The molecule has 27 heavy (non-hydrogen) atoms. The van der Waals surface area contributed by atoms with Crippen LogP contribution in [0.5, 0.6) is 0 Å². The van der Waals surface area contributed by atoms with Gasteiger partial charge < -0.3 is 15.5 Å². The summed E-state index contributed by atoms with van der Waals surface area (Å²) in [5.74, 6) is -0.824. The van der Waals surface area contributed by atoms with Crippen molar-refractivity contribution < 1.29 is 9.59 Å². The Hall–Kier alpha value is -2.54. The van der Waals surface area contributed by atoms with Gasteiger partial charge in [0.25, 0.3) is 0 Å². The van der Waals surface area contributed by atoms with Crippen LogP contribution in [-0.4, -0.2) is 42.7 Å². The molecule has 2 aromatic rings. The number of aromatic nitrogens is 1. The number of rotatable bonds is 5. The number of hydrogen-bond donors (Lipinski definition) is 2. The Balaban J connectivity index is 1.42. The lowest BCUT2D eigenvalue weighted by Crippen LogP contribution is -2.41. The Morgan fingerprint density at radius 3 is 2.70 bits per heavy atom. The second-order valence-corrected chi connectivity index (χ2v) is 7.42. The number of benzene rings is 1. The zero-order valence-electron chi connectivity index (χ0n) is 15.4. The molecule has 0 bridgehead atoms. The Morgan fingerprint density at radius 1 is 1.19 bits per heavy atom. The summed E-state index contributed by atoms with van der Waals surface area (Å²) in [6.45, 7) is 2.39. The SMILES string of the molecule is CSc1cccc(NC(=O)C(=O)NCC2CCN(c3cccnc3)CC2)c1. The van der Waals surface area contributed by atoms with E-state index >= 15 is 0 Å². The van der Waals surface area contributed by atoms with Crippen molar-refractivity contribution in [2.45, 2.75) is 17.7 Å². The van der Waals surface area contributed by atoms with Gasteiger partial charge in [-0.25, -0.2) is 0 Å². The monoisotopic (exact) mass is 384 g/mol. The summed E-state index contributed by atoms with van der Waals surface area (Å²) in [5.41, 5.74) is 1.76. The van der Waals surface area contributed by atoms with E-state index in [2.05, 4.69) is 26.6 Å². The van der Waals surface area contributed by atoms with Crippen LogP contribution in [0.2, 0.25) is 0 Å². The maximum absolute atomic E-state index is 12.1. The molecular formula is C20H24N4O2S. The van der Waals surface area contributed by atoms with Crippen LogP contribution < -0.4 is 15.5 Å². The largest absolute Gasteiger partial charge is 0.370 e. The number of carbonyl (C=O) groups is 2. The molecule has 1 aromatic heterocycles. The molecule has 0 saturated carbocycles. The van der Waals surface area contributed by atoms with Crippen LogP contribution in [-0.2, 0) is 9.59 Å². The summed E-state index contributed by atoms with van der Waals surface area (Å²) in [6.07, 6.45) is 7.57. The zero-order valence-corrected chi connectivity index (χ0v) is 16.2.